The van der Waals surface area contributed by atoms with Gasteiger partial charge in [-0.05, 0) is 0 Å². The molecule has 0 aliphatic carbocycles. The predicted molar refractivity (Wildman–Crippen MR) is 35.7 cm³/mol. The number of rotatable bonds is 0. The lowest BCUT2D eigenvalue weighted by Gasteiger charge is -1.93. The fourth-order valence-electron chi connectivity index (χ4n) is 0.417. The Kier molecular flexibility index (Phi) is 4.35. The van der Waals surface area contributed by atoms with Crippen LogP contribution >= 0.6 is 0 Å². The number of halogens is 3. The van der Waals surface area contributed by atoms with E-state index in [1.54, 1.807) is 0 Å². The number of nitrogens with one attached hydrogen (secondary N) is 1. The lowest BCUT2D eigenvalue weighted by Crippen LogP contribution is -2.21. The molecule has 1 aliphatic heterocycles. The molecular weight excluding hydrogens is 175 g/mol. The molecule has 0 radical (unpaired) electrons. The Morgan fingerprint density at radius 2 is 1.67 bits per heavy atom. The van der Waals surface area contributed by atoms with Crippen molar-refractivity contribution in [3.05, 3.63) is 12.2 Å². The van der Waals surface area contributed by atoms with E-state index in [9.17, 15) is 13.2 Å². The number of aliphatic carboxylic acids is 1. The van der Waals surface area contributed by atoms with Gasteiger partial charge in [-0.15, -0.1) is 0 Å². The predicted octanol–water partition coefficient (Wildman–Crippen LogP) is 0.779. The van der Waals surface area contributed by atoms with Crippen LogP contribution in [0.25, 0.3) is 0 Å². The maximum atomic E-state index is 10.6. The van der Waals surface area contributed by atoms with E-state index >= 15 is 0 Å². The summed E-state index contributed by atoms with van der Waals surface area (Å²) < 4.78 is 31.7. The number of carbonyl (C=O) groups is 1. The Labute approximate surface area is 66.9 Å². The van der Waals surface area contributed by atoms with Gasteiger partial charge in [-0.25, -0.2) is 4.79 Å². The molecule has 0 spiro atoms. The average Bonchev–Trinajstić information content (AvgIpc) is 2.39. The average molecular weight is 183 g/mol. The third-order valence-corrected chi connectivity index (χ3v) is 0.934. The van der Waals surface area contributed by atoms with Gasteiger partial charge in [0.25, 0.3) is 0 Å². The monoisotopic (exact) mass is 183 g/mol. The van der Waals surface area contributed by atoms with Gasteiger partial charge in [-0.3, -0.25) is 0 Å². The second-order valence-electron chi connectivity index (χ2n) is 1.93. The van der Waals surface area contributed by atoms with Crippen LogP contribution in [0.5, 0.6) is 0 Å². The molecule has 0 aromatic rings. The van der Waals surface area contributed by atoms with E-state index in [-0.39, 0.29) is 0 Å². The molecule has 12 heavy (non-hydrogen) atoms. The van der Waals surface area contributed by atoms with Gasteiger partial charge in [0.2, 0.25) is 0 Å². The lowest BCUT2D eigenvalue weighted by atomic mass is 10.6. The van der Waals surface area contributed by atoms with Gasteiger partial charge in [0.15, 0.2) is 0 Å². The molecule has 0 saturated carbocycles. The van der Waals surface area contributed by atoms with Crippen LogP contribution in [0.3, 0.4) is 0 Å². The van der Waals surface area contributed by atoms with Crippen molar-refractivity contribution in [2.75, 3.05) is 13.1 Å². The first-order valence-electron chi connectivity index (χ1n) is 3.10. The van der Waals surface area contributed by atoms with Crippen LogP contribution in [0.2, 0.25) is 0 Å². The van der Waals surface area contributed by atoms with E-state index in [0.29, 0.717) is 0 Å². The van der Waals surface area contributed by atoms with E-state index < -0.39 is 12.1 Å². The van der Waals surface area contributed by atoms with Crippen LogP contribution in [-0.2, 0) is 4.79 Å². The number of carboxylic acids is 1. The van der Waals surface area contributed by atoms with E-state index in [1.807, 2.05) is 0 Å². The largest absolute Gasteiger partial charge is 0.490 e. The van der Waals surface area contributed by atoms with Crippen molar-refractivity contribution < 1.29 is 23.1 Å². The fraction of sp³-hybridized carbons (Fsp3) is 0.500. The molecular formula is C6H8F3NO2. The number of alkyl halides is 3. The Bertz CT molecular complexity index is 170. The minimum Gasteiger partial charge on any atom is -0.475 e. The van der Waals surface area contributed by atoms with Crippen LogP contribution in [0.15, 0.2) is 12.2 Å². The molecule has 0 amide bonds. The van der Waals surface area contributed by atoms with Crippen molar-refractivity contribution in [2.24, 2.45) is 0 Å². The molecule has 6 heteroatoms. The van der Waals surface area contributed by atoms with Gasteiger partial charge in [-0.1, -0.05) is 12.2 Å². The molecule has 0 bridgehead atoms. The van der Waals surface area contributed by atoms with E-state index in [1.165, 1.54) is 0 Å². The molecule has 3 nitrogen and oxygen atoms in total. The van der Waals surface area contributed by atoms with Gasteiger partial charge in [0.1, 0.15) is 0 Å². The SMILES string of the molecule is C1=CCNC1.O=C(O)C(F)(F)F. The van der Waals surface area contributed by atoms with Crippen molar-refractivity contribution in [2.45, 2.75) is 6.18 Å². The summed E-state index contributed by atoms with van der Waals surface area (Å²) in [5.41, 5.74) is 0. The van der Waals surface area contributed by atoms with Crippen molar-refractivity contribution in [1.29, 1.82) is 0 Å². The quantitative estimate of drug-likeness (QED) is 0.545. The van der Waals surface area contributed by atoms with Crippen LogP contribution in [0.4, 0.5) is 13.2 Å². The zero-order chi connectivity index (χ0) is 9.61. The maximum Gasteiger partial charge on any atom is 0.490 e. The first-order chi connectivity index (χ1) is 5.44. The van der Waals surface area contributed by atoms with Gasteiger partial charge in [0.05, 0.1) is 0 Å². The molecule has 0 atom stereocenters. The van der Waals surface area contributed by atoms with Crippen molar-refractivity contribution in [1.82, 2.24) is 5.32 Å². The minimum atomic E-state index is -5.08. The van der Waals surface area contributed by atoms with E-state index in [0.717, 1.165) is 13.1 Å². The molecule has 1 rings (SSSR count). The highest BCUT2D eigenvalue weighted by Gasteiger charge is 2.38. The Balaban J connectivity index is 0.000000211. The summed E-state index contributed by atoms with van der Waals surface area (Å²) in [4.78, 5) is 8.90. The summed E-state index contributed by atoms with van der Waals surface area (Å²) in [6.45, 7) is 2.14. The summed E-state index contributed by atoms with van der Waals surface area (Å²) in [5.74, 6) is -2.76. The molecule has 2 N–H and O–H groups in total. The molecule has 0 aromatic heterocycles. The first kappa shape index (κ1) is 11.0. The third-order valence-electron chi connectivity index (χ3n) is 0.934. The first-order valence-corrected chi connectivity index (χ1v) is 3.10. The lowest BCUT2D eigenvalue weighted by molar-refractivity contribution is -0.192. The maximum absolute atomic E-state index is 10.6. The summed E-state index contributed by atoms with van der Waals surface area (Å²) in [6, 6.07) is 0. The second kappa shape index (κ2) is 4.76. The number of carboxylic acid groups (broad SMARTS) is 1. The number of hydrogen-bond acceptors (Lipinski definition) is 2. The summed E-state index contributed by atoms with van der Waals surface area (Å²) in [6.07, 6.45) is -0.833. The van der Waals surface area contributed by atoms with Crippen molar-refractivity contribution in [3.63, 3.8) is 0 Å². The minimum absolute atomic E-state index is 1.07. The highest BCUT2D eigenvalue weighted by molar-refractivity contribution is 5.73. The van der Waals surface area contributed by atoms with E-state index in [4.69, 9.17) is 9.90 Å². The summed E-state index contributed by atoms with van der Waals surface area (Å²) >= 11 is 0. The third kappa shape index (κ3) is 5.72. The van der Waals surface area contributed by atoms with Gasteiger partial charge in [-0.2, -0.15) is 13.2 Å². The smallest absolute Gasteiger partial charge is 0.475 e. The topological polar surface area (TPSA) is 49.3 Å². The van der Waals surface area contributed by atoms with Gasteiger partial charge < -0.3 is 10.4 Å². The summed E-state index contributed by atoms with van der Waals surface area (Å²) in [7, 11) is 0. The van der Waals surface area contributed by atoms with Crippen LogP contribution in [-0.4, -0.2) is 30.3 Å². The second-order valence-corrected chi connectivity index (χ2v) is 1.93. The fourth-order valence-corrected chi connectivity index (χ4v) is 0.417. The number of hydrogen-bond donors (Lipinski definition) is 2. The Hall–Kier alpha value is -1.04. The molecule has 1 heterocycles. The Morgan fingerprint density at radius 3 is 1.75 bits per heavy atom. The molecule has 0 fully saturated rings. The van der Waals surface area contributed by atoms with Crippen molar-refractivity contribution in [3.8, 4) is 0 Å². The van der Waals surface area contributed by atoms with E-state index in [2.05, 4.69) is 17.5 Å². The van der Waals surface area contributed by atoms with Crippen molar-refractivity contribution >= 4 is 5.97 Å². The van der Waals surface area contributed by atoms with Gasteiger partial charge in [0, 0.05) is 13.1 Å². The molecule has 0 saturated heterocycles. The Morgan fingerprint density at radius 1 is 1.33 bits per heavy atom. The standard InChI is InChI=1S/C4H7N.C2HF3O2/c1-2-4-5-3-1;3-2(4,5)1(6)7/h1-2,5H,3-4H2;(H,6,7). The van der Waals surface area contributed by atoms with Crippen LogP contribution in [0, 0.1) is 0 Å². The van der Waals surface area contributed by atoms with Crippen LogP contribution in [0.1, 0.15) is 0 Å². The summed E-state index contributed by atoms with van der Waals surface area (Å²) in [5, 5.41) is 10.2. The highest BCUT2D eigenvalue weighted by atomic mass is 19.4. The molecule has 70 valence electrons. The zero-order valence-corrected chi connectivity index (χ0v) is 6.06. The molecule has 0 unspecified atom stereocenters. The molecule has 0 aromatic carbocycles. The van der Waals surface area contributed by atoms with Crippen LogP contribution < -0.4 is 5.32 Å². The molecule has 1 aliphatic rings. The zero-order valence-electron chi connectivity index (χ0n) is 6.06. The highest BCUT2D eigenvalue weighted by Crippen LogP contribution is 2.13. The van der Waals surface area contributed by atoms with Gasteiger partial charge >= 0.3 is 12.1 Å². The normalized spacial score (nSPS) is 15.2.